The molecule has 0 amide bonds. The normalized spacial score (nSPS) is 10.6. The summed E-state index contributed by atoms with van der Waals surface area (Å²) in [4.78, 5) is 3.97. The van der Waals surface area contributed by atoms with Crippen LogP contribution in [-0.4, -0.2) is 14.8 Å². The monoisotopic (exact) mass is 254 g/mol. The fraction of sp³-hybridized carbons (Fsp3) is 0. The Morgan fingerprint density at radius 3 is 2.68 bits per heavy atom. The summed E-state index contributed by atoms with van der Waals surface area (Å²) in [5.41, 5.74) is 8.36. The van der Waals surface area contributed by atoms with Gasteiger partial charge in [0.15, 0.2) is 5.82 Å². The molecule has 0 aliphatic heterocycles. The van der Waals surface area contributed by atoms with Gasteiger partial charge in [0.25, 0.3) is 0 Å². The van der Waals surface area contributed by atoms with Crippen LogP contribution in [0.15, 0.2) is 55.0 Å². The first kappa shape index (κ1) is 11.4. The molecule has 0 aliphatic carbocycles. The van der Waals surface area contributed by atoms with E-state index in [1.165, 1.54) is 6.07 Å². The molecule has 2 N–H and O–H groups in total. The molecule has 3 aromatic rings. The van der Waals surface area contributed by atoms with E-state index >= 15 is 0 Å². The van der Waals surface area contributed by atoms with E-state index in [9.17, 15) is 4.39 Å². The molecule has 94 valence electrons. The highest BCUT2D eigenvalue weighted by atomic mass is 19.1. The van der Waals surface area contributed by atoms with Crippen LogP contribution < -0.4 is 5.73 Å². The van der Waals surface area contributed by atoms with Gasteiger partial charge in [-0.1, -0.05) is 12.1 Å². The SMILES string of the molecule is Nc1cccc(-c2cnn(-c3ccc(F)cn3)c2)c1. The molecule has 0 spiro atoms. The molecule has 2 heterocycles. The summed E-state index contributed by atoms with van der Waals surface area (Å²) in [6.45, 7) is 0. The number of rotatable bonds is 2. The first-order valence-corrected chi connectivity index (χ1v) is 5.75. The molecule has 0 aliphatic rings. The fourth-order valence-electron chi connectivity index (χ4n) is 1.82. The number of pyridine rings is 1. The Bertz CT molecular complexity index is 703. The molecule has 0 atom stereocenters. The van der Waals surface area contributed by atoms with E-state index in [1.807, 2.05) is 30.5 Å². The minimum Gasteiger partial charge on any atom is -0.399 e. The van der Waals surface area contributed by atoms with Crippen LogP contribution in [0.2, 0.25) is 0 Å². The van der Waals surface area contributed by atoms with Gasteiger partial charge in [-0.25, -0.2) is 14.1 Å². The summed E-state index contributed by atoms with van der Waals surface area (Å²) in [7, 11) is 0. The summed E-state index contributed by atoms with van der Waals surface area (Å²) >= 11 is 0. The maximum atomic E-state index is 12.8. The van der Waals surface area contributed by atoms with E-state index in [2.05, 4.69) is 10.1 Å². The highest BCUT2D eigenvalue weighted by molar-refractivity contribution is 5.66. The van der Waals surface area contributed by atoms with Crippen LogP contribution in [0.1, 0.15) is 0 Å². The van der Waals surface area contributed by atoms with Crippen molar-refractivity contribution in [1.29, 1.82) is 0 Å². The number of anilines is 1. The molecule has 0 radical (unpaired) electrons. The molecule has 0 saturated heterocycles. The van der Waals surface area contributed by atoms with Crippen LogP contribution in [-0.2, 0) is 0 Å². The lowest BCUT2D eigenvalue weighted by Crippen LogP contribution is -1.97. The summed E-state index contributed by atoms with van der Waals surface area (Å²) in [5, 5.41) is 4.21. The van der Waals surface area contributed by atoms with Gasteiger partial charge in [0, 0.05) is 17.4 Å². The summed E-state index contributed by atoms with van der Waals surface area (Å²) < 4.78 is 14.4. The Balaban J connectivity index is 1.97. The number of halogens is 1. The average molecular weight is 254 g/mol. The van der Waals surface area contributed by atoms with Crippen LogP contribution in [0, 0.1) is 5.82 Å². The third-order valence-corrected chi connectivity index (χ3v) is 2.75. The van der Waals surface area contributed by atoms with E-state index in [0.29, 0.717) is 11.5 Å². The van der Waals surface area contributed by atoms with Gasteiger partial charge in [-0.05, 0) is 29.8 Å². The van der Waals surface area contributed by atoms with Crippen molar-refractivity contribution < 1.29 is 4.39 Å². The highest BCUT2D eigenvalue weighted by Crippen LogP contribution is 2.21. The minimum atomic E-state index is -0.369. The second-order valence-electron chi connectivity index (χ2n) is 4.13. The van der Waals surface area contributed by atoms with Gasteiger partial charge in [0.1, 0.15) is 5.82 Å². The molecular formula is C14H11FN4. The lowest BCUT2D eigenvalue weighted by Gasteiger charge is -2.00. The van der Waals surface area contributed by atoms with Crippen molar-refractivity contribution in [1.82, 2.24) is 14.8 Å². The van der Waals surface area contributed by atoms with Crippen molar-refractivity contribution in [2.24, 2.45) is 0 Å². The standard InChI is InChI=1S/C14H11FN4/c15-12-4-5-14(17-8-12)19-9-11(7-18-19)10-2-1-3-13(16)6-10/h1-9H,16H2. The number of hydrogen-bond donors (Lipinski definition) is 1. The van der Waals surface area contributed by atoms with Crippen LogP contribution in [0.4, 0.5) is 10.1 Å². The Hall–Kier alpha value is -2.69. The Morgan fingerprint density at radius 2 is 1.95 bits per heavy atom. The molecular weight excluding hydrogens is 243 g/mol. The van der Waals surface area contributed by atoms with Crippen molar-refractivity contribution in [3.8, 4) is 16.9 Å². The molecule has 2 aromatic heterocycles. The molecule has 1 aromatic carbocycles. The number of aromatic nitrogens is 3. The van der Waals surface area contributed by atoms with Crippen LogP contribution >= 0.6 is 0 Å². The highest BCUT2D eigenvalue weighted by Gasteiger charge is 2.04. The van der Waals surface area contributed by atoms with Crippen molar-refractivity contribution in [3.63, 3.8) is 0 Å². The summed E-state index contributed by atoms with van der Waals surface area (Å²) in [6.07, 6.45) is 4.71. The first-order chi connectivity index (χ1) is 9.22. The third-order valence-electron chi connectivity index (χ3n) is 2.75. The molecule has 0 unspecified atom stereocenters. The topological polar surface area (TPSA) is 56.7 Å². The van der Waals surface area contributed by atoms with E-state index < -0.39 is 0 Å². The second-order valence-corrected chi connectivity index (χ2v) is 4.13. The number of hydrogen-bond acceptors (Lipinski definition) is 3. The predicted octanol–water partition coefficient (Wildman–Crippen LogP) is 2.66. The number of nitrogens with zero attached hydrogens (tertiary/aromatic N) is 3. The first-order valence-electron chi connectivity index (χ1n) is 5.75. The van der Waals surface area contributed by atoms with Crippen molar-refractivity contribution in [3.05, 3.63) is 60.8 Å². The van der Waals surface area contributed by atoms with Gasteiger partial charge in [-0.3, -0.25) is 0 Å². The quantitative estimate of drug-likeness (QED) is 0.715. The maximum absolute atomic E-state index is 12.8. The lowest BCUT2D eigenvalue weighted by atomic mass is 10.1. The van der Waals surface area contributed by atoms with Crippen molar-refractivity contribution >= 4 is 5.69 Å². The van der Waals surface area contributed by atoms with Crippen LogP contribution in [0.25, 0.3) is 16.9 Å². The molecule has 5 heteroatoms. The second kappa shape index (κ2) is 4.53. The third kappa shape index (κ3) is 2.30. The predicted molar refractivity (Wildman–Crippen MR) is 71.2 cm³/mol. The van der Waals surface area contributed by atoms with Crippen LogP contribution in [0.3, 0.4) is 0 Å². The summed E-state index contributed by atoms with van der Waals surface area (Å²) in [5.74, 6) is 0.198. The zero-order valence-corrected chi connectivity index (χ0v) is 9.99. The molecule has 3 rings (SSSR count). The van der Waals surface area contributed by atoms with Gasteiger partial charge in [-0.15, -0.1) is 0 Å². The van der Waals surface area contributed by atoms with E-state index in [4.69, 9.17) is 5.73 Å². The Kier molecular flexibility index (Phi) is 2.72. The molecule has 19 heavy (non-hydrogen) atoms. The van der Waals surface area contributed by atoms with E-state index in [-0.39, 0.29) is 5.82 Å². The molecule has 0 bridgehead atoms. The minimum absolute atomic E-state index is 0.369. The van der Waals surface area contributed by atoms with Gasteiger partial charge >= 0.3 is 0 Å². The Labute approximate surface area is 109 Å². The van der Waals surface area contributed by atoms with Crippen molar-refractivity contribution in [2.45, 2.75) is 0 Å². The summed E-state index contributed by atoms with van der Waals surface area (Å²) in [6, 6.07) is 10.5. The van der Waals surface area contributed by atoms with E-state index in [1.54, 1.807) is 16.9 Å². The van der Waals surface area contributed by atoms with Gasteiger partial charge in [-0.2, -0.15) is 5.10 Å². The molecule has 4 nitrogen and oxygen atoms in total. The number of nitrogen functional groups attached to an aromatic ring is 1. The molecule has 0 saturated carbocycles. The lowest BCUT2D eigenvalue weighted by molar-refractivity contribution is 0.619. The Morgan fingerprint density at radius 1 is 1.05 bits per heavy atom. The largest absolute Gasteiger partial charge is 0.399 e. The van der Waals surface area contributed by atoms with Crippen molar-refractivity contribution in [2.75, 3.05) is 5.73 Å². The zero-order valence-electron chi connectivity index (χ0n) is 9.99. The zero-order chi connectivity index (χ0) is 13.2. The van der Waals surface area contributed by atoms with E-state index in [0.717, 1.165) is 17.3 Å². The smallest absolute Gasteiger partial charge is 0.153 e. The maximum Gasteiger partial charge on any atom is 0.153 e. The van der Waals surface area contributed by atoms with Crippen LogP contribution in [0.5, 0.6) is 0 Å². The van der Waals surface area contributed by atoms with Gasteiger partial charge in [0.2, 0.25) is 0 Å². The fourth-order valence-corrected chi connectivity index (χ4v) is 1.82. The molecule has 0 fully saturated rings. The number of benzene rings is 1. The van der Waals surface area contributed by atoms with Gasteiger partial charge in [0.05, 0.1) is 12.4 Å². The van der Waals surface area contributed by atoms with Gasteiger partial charge < -0.3 is 5.73 Å². The number of nitrogens with two attached hydrogens (primary N) is 1. The average Bonchev–Trinajstić information content (AvgIpc) is 2.89.